The topological polar surface area (TPSA) is 95.0 Å². The fourth-order valence-electron chi connectivity index (χ4n) is 8.49. The van der Waals surface area contributed by atoms with Crippen LogP contribution in [0.15, 0.2) is 110 Å². The van der Waals surface area contributed by atoms with Gasteiger partial charge in [0.1, 0.15) is 5.75 Å². The molecule has 6 unspecified atom stereocenters. The first kappa shape index (κ1) is 28.9. The Labute approximate surface area is 272 Å². The molecule has 2 aliphatic heterocycles. The third kappa shape index (κ3) is 4.19. The lowest BCUT2D eigenvalue weighted by atomic mass is 9.57. The van der Waals surface area contributed by atoms with Gasteiger partial charge in [-0.3, -0.25) is 29.0 Å². The quantitative estimate of drug-likeness (QED) is 0.194. The molecule has 6 atom stereocenters. The monoisotopic (exact) mass is 620 g/mol. The third-order valence-electron chi connectivity index (χ3n) is 10.7. The lowest BCUT2D eigenvalue weighted by Gasteiger charge is -2.44. The predicted molar refractivity (Wildman–Crippen MR) is 181 cm³/mol. The minimum Gasteiger partial charge on any atom is -0.507 e. The van der Waals surface area contributed by atoms with E-state index in [9.17, 15) is 24.3 Å². The van der Waals surface area contributed by atoms with Gasteiger partial charge in [0.25, 0.3) is 0 Å². The molecule has 3 fully saturated rings. The van der Waals surface area contributed by atoms with Gasteiger partial charge >= 0.3 is 0 Å². The minimum atomic E-state index is -0.776. The molecule has 7 nitrogen and oxygen atoms in total. The van der Waals surface area contributed by atoms with Gasteiger partial charge < -0.3 is 5.11 Å². The first-order chi connectivity index (χ1) is 22.8. The summed E-state index contributed by atoms with van der Waals surface area (Å²) < 4.78 is 0. The van der Waals surface area contributed by atoms with Crippen molar-refractivity contribution in [2.45, 2.75) is 18.8 Å². The summed E-state index contributed by atoms with van der Waals surface area (Å²) in [6, 6.07) is 25.5. The second-order valence-electron chi connectivity index (χ2n) is 12.9. The number of phenolic OH excluding ortho intramolecular Hbond substituents is 1. The highest BCUT2D eigenvalue weighted by atomic mass is 16.3. The second-order valence-corrected chi connectivity index (χ2v) is 12.9. The maximum absolute atomic E-state index is 14.4. The van der Waals surface area contributed by atoms with E-state index in [0.29, 0.717) is 28.7 Å². The van der Waals surface area contributed by atoms with Crippen LogP contribution in [0, 0.1) is 29.6 Å². The van der Waals surface area contributed by atoms with Gasteiger partial charge in [0.2, 0.25) is 23.6 Å². The van der Waals surface area contributed by atoms with E-state index >= 15 is 0 Å². The van der Waals surface area contributed by atoms with Gasteiger partial charge in [-0.15, -0.1) is 0 Å². The van der Waals surface area contributed by atoms with Crippen molar-refractivity contribution in [3.05, 3.63) is 126 Å². The Morgan fingerprint density at radius 1 is 0.638 bits per heavy atom. The number of hydrogen-bond acceptors (Lipinski definition) is 5. The summed E-state index contributed by atoms with van der Waals surface area (Å²) in [5.41, 5.74) is 4.09. The molecule has 2 saturated heterocycles. The number of imide groups is 2. The number of nitrogens with zero attached hydrogens (tertiary/aromatic N) is 2. The van der Waals surface area contributed by atoms with Crippen LogP contribution in [0.3, 0.4) is 0 Å². The third-order valence-corrected chi connectivity index (χ3v) is 10.7. The summed E-state index contributed by atoms with van der Waals surface area (Å²) in [5, 5.41) is 13.2. The van der Waals surface area contributed by atoms with E-state index in [-0.39, 0.29) is 35.8 Å². The van der Waals surface area contributed by atoms with E-state index in [1.165, 1.54) is 9.80 Å². The fraction of sp³-hybridized carbons (Fsp3) is 0.200. The Balaban J connectivity index is 1.25. The van der Waals surface area contributed by atoms with E-state index in [1.807, 2.05) is 66.7 Å². The highest BCUT2D eigenvalue weighted by molar-refractivity contribution is 6.24. The SMILES string of the molecule is C=Cc1ccc(N2C(=O)C3CC=C4C(CC5C(=O)N(c6ccc(C=C)cc6)C(=O)C5C4c4ccc5ccccc5c4O)C3C2=O)cc1. The minimum absolute atomic E-state index is 0.0577. The molecule has 7 heteroatoms. The normalized spacial score (nSPS) is 26.6. The van der Waals surface area contributed by atoms with Crippen LogP contribution in [0.25, 0.3) is 22.9 Å². The van der Waals surface area contributed by atoms with Gasteiger partial charge in [0, 0.05) is 16.9 Å². The summed E-state index contributed by atoms with van der Waals surface area (Å²) >= 11 is 0. The average Bonchev–Trinajstić information content (AvgIpc) is 3.51. The predicted octanol–water partition coefficient (Wildman–Crippen LogP) is 6.88. The van der Waals surface area contributed by atoms with Crippen LogP contribution in [0.2, 0.25) is 0 Å². The lowest BCUT2D eigenvalue weighted by Crippen LogP contribution is -2.43. The molecule has 2 aliphatic carbocycles. The van der Waals surface area contributed by atoms with Crippen molar-refractivity contribution in [2.24, 2.45) is 29.6 Å². The van der Waals surface area contributed by atoms with E-state index in [2.05, 4.69) is 13.2 Å². The lowest BCUT2D eigenvalue weighted by molar-refractivity contribution is -0.126. The second kappa shape index (κ2) is 10.8. The molecule has 8 rings (SSSR count). The molecular weight excluding hydrogens is 588 g/mol. The van der Waals surface area contributed by atoms with Gasteiger partial charge in [-0.2, -0.15) is 0 Å². The molecule has 0 radical (unpaired) electrons. The number of carbonyl (C=O) groups is 4. The Morgan fingerprint density at radius 2 is 1.21 bits per heavy atom. The molecule has 0 spiro atoms. The number of carbonyl (C=O) groups excluding carboxylic acids is 4. The molecule has 4 aliphatic rings. The molecule has 2 heterocycles. The summed E-state index contributed by atoms with van der Waals surface area (Å²) in [5.74, 6) is -5.03. The van der Waals surface area contributed by atoms with Crippen molar-refractivity contribution in [1.82, 2.24) is 0 Å². The van der Waals surface area contributed by atoms with Crippen LogP contribution in [0.4, 0.5) is 11.4 Å². The highest BCUT2D eigenvalue weighted by Crippen LogP contribution is 2.59. The number of hydrogen-bond donors (Lipinski definition) is 1. The van der Waals surface area contributed by atoms with Crippen molar-refractivity contribution in [3.8, 4) is 5.75 Å². The Kier molecular flexibility index (Phi) is 6.62. The van der Waals surface area contributed by atoms with Crippen LogP contribution in [-0.4, -0.2) is 28.7 Å². The number of benzene rings is 4. The number of fused-ring (bicyclic) bond motifs is 5. The molecule has 0 aromatic heterocycles. The molecule has 47 heavy (non-hydrogen) atoms. The molecule has 4 aromatic rings. The fourth-order valence-corrected chi connectivity index (χ4v) is 8.49. The Bertz CT molecular complexity index is 2060. The summed E-state index contributed by atoms with van der Waals surface area (Å²) in [4.78, 5) is 59.3. The smallest absolute Gasteiger partial charge is 0.238 e. The average molecular weight is 621 g/mol. The molecule has 4 aromatic carbocycles. The number of amides is 4. The van der Waals surface area contributed by atoms with Crippen molar-refractivity contribution in [1.29, 1.82) is 0 Å². The van der Waals surface area contributed by atoms with Crippen molar-refractivity contribution < 1.29 is 24.3 Å². The number of rotatable bonds is 5. The van der Waals surface area contributed by atoms with Crippen molar-refractivity contribution >= 4 is 57.9 Å². The number of allylic oxidation sites excluding steroid dienone is 2. The molecule has 1 N–H and O–H groups in total. The largest absolute Gasteiger partial charge is 0.507 e. The van der Waals surface area contributed by atoms with E-state index < -0.39 is 35.5 Å². The molecule has 0 bridgehead atoms. The zero-order valence-corrected chi connectivity index (χ0v) is 25.6. The maximum Gasteiger partial charge on any atom is 0.238 e. The molecular formula is C40H32N2O5. The van der Waals surface area contributed by atoms with Crippen molar-refractivity contribution in [2.75, 3.05) is 9.80 Å². The molecule has 1 saturated carbocycles. The van der Waals surface area contributed by atoms with Crippen LogP contribution in [0.5, 0.6) is 5.75 Å². The zero-order valence-electron chi connectivity index (χ0n) is 25.6. The first-order valence-corrected chi connectivity index (χ1v) is 15.9. The van der Waals surface area contributed by atoms with Crippen LogP contribution >= 0.6 is 0 Å². The van der Waals surface area contributed by atoms with Gasteiger partial charge in [-0.1, -0.05) is 97.6 Å². The van der Waals surface area contributed by atoms with Gasteiger partial charge in [-0.05, 0) is 59.5 Å². The van der Waals surface area contributed by atoms with Crippen LogP contribution in [0.1, 0.15) is 35.4 Å². The summed E-state index contributed by atoms with van der Waals surface area (Å²) in [6.07, 6.45) is 5.98. The van der Waals surface area contributed by atoms with Crippen LogP contribution < -0.4 is 9.80 Å². The van der Waals surface area contributed by atoms with E-state index in [4.69, 9.17) is 0 Å². The molecule has 232 valence electrons. The Hall–Kier alpha value is -5.56. The number of anilines is 2. The van der Waals surface area contributed by atoms with Crippen molar-refractivity contribution in [3.63, 3.8) is 0 Å². The van der Waals surface area contributed by atoms with Crippen LogP contribution in [-0.2, 0) is 19.2 Å². The summed E-state index contributed by atoms with van der Waals surface area (Å²) in [7, 11) is 0. The van der Waals surface area contributed by atoms with Gasteiger partial charge in [0.05, 0.1) is 35.0 Å². The summed E-state index contributed by atoms with van der Waals surface area (Å²) in [6.45, 7) is 7.58. The number of aromatic hydroxyl groups is 1. The zero-order chi connectivity index (χ0) is 32.6. The highest BCUT2D eigenvalue weighted by Gasteiger charge is 2.62. The number of phenols is 1. The first-order valence-electron chi connectivity index (χ1n) is 15.9. The maximum atomic E-state index is 14.4. The van der Waals surface area contributed by atoms with E-state index in [0.717, 1.165) is 22.1 Å². The molecule has 4 amide bonds. The van der Waals surface area contributed by atoms with Gasteiger partial charge in [0.15, 0.2) is 0 Å². The van der Waals surface area contributed by atoms with Gasteiger partial charge in [-0.25, -0.2) is 0 Å². The van der Waals surface area contributed by atoms with E-state index in [1.54, 1.807) is 36.4 Å². The standard InChI is InChI=1S/C40H32N2O5/c1-3-22-9-14-25(15-10-22)41-37(44)30-20-19-28-31(34(30)39(41)46)21-32-35(33(28)29-18-13-24-7-5-6-8-27(24)36(29)43)40(47)42(38(32)45)26-16-11-23(4-2)12-17-26/h3-19,30-35,43H,1-2,20-21H2. The Morgan fingerprint density at radius 3 is 1.83 bits per heavy atom.